The van der Waals surface area contributed by atoms with E-state index in [1.165, 1.54) is 0 Å². The number of nitrogens with zero attached hydrogens (tertiary/aromatic N) is 1. The van der Waals surface area contributed by atoms with Crippen LogP contribution >= 0.6 is 0 Å². The summed E-state index contributed by atoms with van der Waals surface area (Å²) in [5.74, 6) is 0.669. The summed E-state index contributed by atoms with van der Waals surface area (Å²) in [5, 5.41) is 3.07. The van der Waals surface area contributed by atoms with Crippen molar-refractivity contribution < 1.29 is 9.53 Å². The van der Waals surface area contributed by atoms with E-state index in [1.54, 1.807) is 19.5 Å². The van der Waals surface area contributed by atoms with Gasteiger partial charge in [-0.15, -0.1) is 0 Å². The molecule has 3 aromatic rings. The third kappa shape index (κ3) is 3.04. The van der Waals surface area contributed by atoms with Crippen LogP contribution in [-0.4, -0.2) is 23.0 Å². The minimum atomic E-state index is -0.494. The second kappa shape index (κ2) is 5.76. The van der Waals surface area contributed by atoms with Crippen molar-refractivity contribution in [3.8, 4) is 5.75 Å². The first-order valence-corrected chi connectivity index (χ1v) is 7.40. The Bertz CT molecular complexity index is 835. The van der Waals surface area contributed by atoms with E-state index in [0.29, 0.717) is 5.56 Å². The smallest absolute Gasteiger partial charge is 0.252 e. The molecular weight excluding hydrogens is 290 g/mol. The van der Waals surface area contributed by atoms with Gasteiger partial charge in [-0.2, -0.15) is 0 Å². The molecule has 2 aromatic carbocycles. The first-order chi connectivity index (χ1) is 11.0. The molecule has 5 heteroatoms. The third-order valence-corrected chi connectivity index (χ3v) is 3.92. The van der Waals surface area contributed by atoms with E-state index in [-0.39, 0.29) is 5.91 Å². The Labute approximate surface area is 134 Å². The molecule has 0 spiro atoms. The minimum absolute atomic E-state index is 0.123. The van der Waals surface area contributed by atoms with Gasteiger partial charge in [0.2, 0.25) is 0 Å². The normalized spacial score (nSPS) is 11.4. The third-order valence-electron chi connectivity index (χ3n) is 3.92. The molecule has 0 unspecified atom stereocenters. The minimum Gasteiger partial charge on any atom is -0.497 e. The van der Waals surface area contributed by atoms with Crippen LogP contribution in [0.3, 0.4) is 0 Å². The van der Waals surface area contributed by atoms with E-state index < -0.39 is 5.54 Å². The van der Waals surface area contributed by atoms with Gasteiger partial charge in [0.15, 0.2) is 0 Å². The number of nitrogens with one attached hydrogen (secondary N) is 2. The van der Waals surface area contributed by atoms with Crippen LogP contribution < -0.4 is 10.1 Å². The molecule has 1 aromatic heterocycles. The van der Waals surface area contributed by atoms with Crippen LogP contribution in [0.25, 0.3) is 11.0 Å². The van der Waals surface area contributed by atoms with E-state index >= 15 is 0 Å². The van der Waals surface area contributed by atoms with Gasteiger partial charge in [-0.25, -0.2) is 4.98 Å². The zero-order valence-corrected chi connectivity index (χ0v) is 13.4. The number of aromatic nitrogens is 2. The summed E-state index contributed by atoms with van der Waals surface area (Å²) in [5.41, 5.74) is 2.81. The molecule has 0 saturated carbocycles. The molecule has 118 valence electrons. The number of hydrogen-bond acceptors (Lipinski definition) is 3. The van der Waals surface area contributed by atoms with Crippen molar-refractivity contribution in [1.29, 1.82) is 0 Å². The Morgan fingerprint density at radius 1 is 1.17 bits per heavy atom. The van der Waals surface area contributed by atoms with Crippen LogP contribution in [0.1, 0.15) is 29.8 Å². The number of methoxy groups -OCH3 is 1. The van der Waals surface area contributed by atoms with Crippen molar-refractivity contribution in [3.63, 3.8) is 0 Å². The standard InChI is InChI=1S/C18H19N3O2/c1-18(2,13-5-7-14(23-3)8-6-13)21-17(22)12-4-9-15-16(10-12)20-11-19-15/h4-11H,1-3H3,(H,19,20)(H,21,22). The molecule has 0 bridgehead atoms. The monoisotopic (exact) mass is 309 g/mol. The molecule has 2 N–H and O–H groups in total. The molecule has 23 heavy (non-hydrogen) atoms. The average molecular weight is 309 g/mol. The van der Waals surface area contributed by atoms with Crippen molar-refractivity contribution in [2.45, 2.75) is 19.4 Å². The summed E-state index contributed by atoms with van der Waals surface area (Å²) in [6, 6.07) is 13.1. The number of hydrogen-bond donors (Lipinski definition) is 2. The Balaban J connectivity index is 1.81. The van der Waals surface area contributed by atoms with Crippen LogP contribution in [0.2, 0.25) is 0 Å². The van der Waals surface area contributed by atoms with Crippen LogP contribution in [0, 0.1) is 0 Å². The van der Waals surface area contributed by atoms with Gasteiger partial charge in [0.25, 0.3) is 5.91 Å². The second-order valence-electron chi connectivity index (χ2n) is 5.94. The molecular formula is C18H19N3O2. The highest BCUT2D eigenvalue weighted by Gasteiger charge is 2.23. The Kier molecular flexibility index (Phi) is 3.78. The van der Waals surface area contributed by atoms with E-state index in [9.17, 15) is 4.79 Å². The topological polar surface area (TPSA) is 67.0 Å². The average Bonchev–Trinajstić information content (AvgIpc) is 3.02. The Morgan fingerprint density at radius 2 is 1.91 bits per heavy atom. The molecule has 0 saturated heterocycles. The van der Waals surface area contributed by atoms with Crippen LogP contribution in [0.5, 0.6) is 5.75 Å². The number of aromatic amines is 1. The van der Waals surface area contributed by atoms with Gasteiger partial charge < -0.3 is 15.0 Å². The molecule has 3 rings (SSSR count). The summed E-state index contributed by atoms with van der Waals surface area (Å²) >= 11 is 0. The van der Waals surface area contributed by atoms with E-state index in [2.05, 4.69) is 15.3 Å². The summed E-state index contributed by atoms with van der Waals surface area (Å²) < 4.78 is 5.17. The number of rotatable bonds is 4. The molecule has 1 amide bonds. The van der Waals surface area contributed by atoms with Crippen LogP contribution in [-0.2, 0) is 5.54 Å². The van der Waals surface area contributed by atoms with Crippen molar-refractivity contribution in [3.05, 3.63) is 59.9 Å². The lowest BCUT2D eigenvalue weighted by Crippen LogP contribution is -2.40. The number of carbonyl (C=O) groups excluding carboxylic acids is 1. The van der Waals surface area contributed by atoms with Crippen molar-refractivity contribution in [2.75, 3.05) is 7.11 Å². The molecule has 0 fully saturated rings. The highest BCUT2D eigenvalue weighted by atomic mass is 16.5. The van der Waals surface area contributed by atoms with Gasteiger partial charge in [-0.1, -0.05) is 12.1 Å². The second-order valence-corrected chi connectivity index (χ2v) is 5.94. The van der Waals surface area contributed by atoms with E-state index in [4.69, 9.17) is 4.74 Å². The molecule has 0 aliphatic carbocycles. The lowest BCUT2D eigenvalue weighted by atomic mass is 9.93. The van der Waals surface area contributed by atoms with E-state index in [1.807, 2.05) is 50.2 Å². The quantitative estimate of drug-likeness (QED) is 0.777. The summed E-state index contributed by atoms with van der Waals surface area (Å²) in [7, 11) is 1.63. The molecule has 1 heterocycles. The first-order valence-electron chi connectivity index (χ1n) is 7.40. The number of ether oxygens (including phenoxy) is 1. The fourth-order valence-electron chi connectivity index (χ4n) is 2.51. The zero-order chi connectivity index (χ0) is 16.4. The van der Waals surface area contributed by atoms with E-state index in [0.717, 1.165) is 22.3 Å². The molecule has 0 aliphatic rings. The van der Waals surface area contributed by atoms with Crippen LogP contribution in [0.15, 0.2) is 48.8 Å². The number of fused-ring (bicyclic) bond motifs is 1. The van der Waals surface area contributed by atoms with Crippen molar-refractivity contribution >= 4 is 16.9 Å². The summed E-state index contributed by atoms with van der Waals surface area (Å²) in [4.78, 5) is 19.7. The molecule has 5 nitrogen and oxygen atoms in total. The van der Waals surface area contributed by atoms with Gasteiger partial charge >= 0.3 is 0 Å². The van der Waals surface area contributed by atoms with Crippen molar-refractivity contribution in [2.24, 2.45) is 0 Å². The molecule has 0 aliphatic heterocycles. The number of carbonyl (C=O) groups is 1. The van der Waals surface area contributed by atoms with Gasteiger partial charge in [-0.05, 0) is 49.7 Å². The lowest BCUT2D eigenvalue weighted by Gasteiger charge is -2.27. The fraction of sp³-hybridized carbons (Fsp3) is 0.222. The largest absolute Gasteiger partial charge is 0.497 e. The predicted octanol–water partition coefficient (Wildman–Crippen LogP) is 3.24. The maximum absolute atomic E-state index is 12.6. The fourth-order valence-corrected chi connectivity index (χ4v) is 2.51. The number of amides is 1. The maximum Gasteiger partial charge on any atom is 0.252 e. The van der Waals surface area contributed by atoms with Gasteiger partial charge in [0.1, 0.15) is 5.75 Å². The van der Waals surface area contributed by atoms with Gasteiger partial charge in [0.05, 0.1) is 30.0 Å². The number of imidazole rings is 1. The molecule has 0 radical (unpaired) electrons. The first kappa shape index (κ1) is 15.1. The lowest BCUT2D eigenvalue weighted by molar-refractivity contribution is 0.0912. The number of H-pyrrole nitrogens is 1. The SMILES string of the molecule is COc1ccc(C(C)(C)NC(=O)c2ccc3nc[nH]c3c2)cc1. The van der Waals surface area contributed by atoms with Gasteiger partial charge in [0, 0.05) is 5.56 Å². The predicted molar refractivity (Wildman–Crippen MR) is 89.6 cm³/mol. The summed E-state index contributed by atoms with van der Waals surface area (Å²) in [6.07, 6.45) is 1.62. The zero-order valence-electron chi connectivity index (χ0n) is 13.4. The highest BCUT2D eigenvalue weighted by Crippen LogP contribution is 2.23. The van der Waals surface area contributed by atoms with Crippen molar-refractivity contribution in [1.82, 2.24) is 15.3 Å². The maximum atomic E-state index is 12.6. The van der Waals surface area contributed by atoms with Crippen LogP contribution in [0.4, 0.5) is 0 Å². The summed E-state index contributed by atoms with van der Waals surface area (Å²) in [6.45, 7) is 3.95. The van der Waals surface area contributed by atoms with Gasteiger partial charge in [-0.3, -0.25) is 4.79 Å². The highest BCUT2D eigenvalue weighted by molar-refractivity contribution is 5.97. The Morgan fingerprint density at radius 3 is 2.61 bits per heavy atom. The number of benzene rings is 2. The molecule has 0 atom stereocenters. The Hall–Kier alpha value is -2.82.